The third-order valence-electron chi connectivity index (χ3n) is 7.26. The normalized spacial score (nSPS) is 21.8. The van der Waals surface area contributed by atoms with Crippen LogP contribution < -0.4 is 24.4 Å². The maximum atomic E-state index is 13.1. The number of piperidine rings is 1. The summed E-state index contributed by atoms with van der Waals surface area (Å²) in [6, 6.07) is 11.0. The van der Waals surface area contributed by atoms with Crippen LogP contribution in [-0.2, 0) is 4.74 Å². The van der Waals surface area contributed by atoms with Gasteiger partial charge in [-0.1, -0.05) is 0 Å². The fourth-order valence-electron chi connectivity index (χ4n) is 5.45. The quantitative estimate of drug-likeness (QED) is 0.555. The fourth-order valence-corrected chi connectivity index (χ4v) is 5.45. The SMILES string of the molecule is COc1ccc2ncnc(C(C3CN(c4ccc5c(c4)OCCO5)C(=O)O3)C3(O)CCNCC3)c2c1. The lowest BCUT2D eigenvalue weighted by atomic mass is 9.74. The third kappa shape index (κ3) is 3.96. The number of aliphatic hydroxyl groups is 1. The van der Waals surface area contributed by atoms with Crippen LogP contribution in [0.15, 0.2) is 42.7 Å². The zero-order valence-electron chi connectivity index (χ0n) is 20.0. The van der Waals surface area contributed by atoms with Crippen LogP contribution in [0.5, 0.6) is 17.2 Å². The van der Waals surface area contributed by atoms with Crippen LogP contribution in [0.1, 0.15) is 24.5 Å². The van der Waals surface area contributed by atoms with E-state index in [1.165, 1.54) is 6.33 Å². The van der Waals surface area contributed by atoms with Crippen LogP contribution in [0, 0.1) is 0 Å². The summed E-state index contributed by atoms with van der Waals surface area (Å²) in [6.45, 7) is 2.52. The molecule has 2 saturated heterocycles. The number of hydrogen-bond donors (Lipinski definition) is 2. The topological polar surface area (TPSA) is 115 Å². The molecule has 10 heteroatoms. The van der Waals surface area contributed by atoms with E-state index >= 15 is 0 Å². The lowest BCUT2D eigenvalue weighted by Crippen LogP contribution is -2.50. The number of rotatable bonds is 5. The van der Waals surface area contributed by atoms with E-state index in [0.717, 1.165) is 10.9 Å². The molecule has 1 aromatic heterocycles. The van der Waals surface area contributed by atoms with Gasteiger partial charge in [0.15, 0.2) is 11.5 Å². The van der Waals surface area contributed by atoms with E-state index in [1.54, 1.807) is 24.1 Å². The van der Waals surface area contributed by atoms with Gasteiger partial charge in [0.25, 0.3) is 0 Å². The molecule has 10 nitrogen and oxygen atoms in total. The van der Waals surface area contributed by atoms with Gasteiger partial charge in [-0.25, -0.2) is 14.8 Å². The molecule has 3 aromatic rings. The highest BCUT2D eigenvalue weighted by Crippen LogP contribution is 2.44. The monoisotopic (exact) mass is 492 g/mol. The lowest BCUT2D eigenvalue weighted by Gasteiger charge is -2.41. The van der Waals surface area contributed by atoms with Crippen molar-refractivity contribution in [1.82, 2.24) is 15.3 Å². The molecule has 2 atom stereocenters. The summed E-state index contributed by atoms with van der Waals surface area (Å²) < 4.78 is 22.7. The minimum atomic E-state index is -1.12. The van der Waals surface area contributed by atoms with Gasteiger partial charge in [-0.2, -0.15) is 0 Å². The molecule has 2 aromatic carbocycles. The van der Waals surface area contributed by atoms with E-state index in [1.807, 2.05) is 24.3 Å². The molecule has 6 rings (SSSR count). The minimum absolute atomic E-state index is 0.258. The second kappa shape index (κ2) is 9.11. The van der Waals surface area contributed by atoms with Gasteiger partial charge >= 0.3 is 6.09 Å². The van der Waals surface area contributed by atoms with Crippen LogP contribution in [0.4, 0.5) is 10.5 Å². The van der Waals surface area contributed by atoms with Gasteiger partial charge in [-0.3, -0.25) is 4.90 Å². The molecule has 0 spiro atoms. The smallest absolute Gasteiger partial charge is 0.414 e. The Kier molecular flexibility index (Phi) is 5.77. The number of cyclic esters (lactones) is 1. The van der Waals surface area contributed by atoms with Gasteiger partial charge in [-0.05, 0) is 56.3 Å². The van der Waals surface area contributed by atoms with E-state index in [2.05, 4.69) is 15.3 Å². The van der Waals surface area contributed by atoms with E-state index in [-0.39, 0.29) is 6.54 Å². The van der Waals surface area contributed by atoms with Gasteiger partial charge in [-0.15, -0.1) is 0 Å². The lowest BCUT2D eigenvalue weighted by molar-refractivity contribution is -0.0494. The maximum absolute atomic E-state index is 13.1. The van der Waals surface area contributed by atoms with E-state index in [4.69, 9.17) is 18.9 Å². The van der Waals surface area contributed by atoms with Crippen molar-refractivity contribution in [3.63, 3.8) is 0 Å². The molecule has 1 amide bonds. The van der Waals surface area contributed by atoms with Crippen molar-refractivity contribution in [2.45, 2.75) is 30.5 Å². The average Bonchev–Trinajstić information content (AvgIpc) is 3.29. The molecule has 3 aliphatic heterocycles. The molecule has 2 fully saturated rings. The van der Waals surface area contributed by atoms with Crippen molar-refractivity contribution in [1.29, 1.82) is 0 Å². The van der Waals surface area contributed by atoms with Crippen LogP contribution in [0.2, 0.25) is 0 Å². The number of ether oxygens (including phenoxy) is 4. The predicted molar refractivity (Wildman–Crippen MR) is 131 cm³/mol. The number of benzene rings is 2. The van der Waals surface area contributed by atoms with E-state index < -0.39 is 23.7 Å². The number of carbonyl (C=O) groups is 1. The first-order valence-electron chi connectivity index (χ1n) is 12.2. The van der Waals surface area contributed by atoms with Gasteiger partial charge in [0.2, 0.25) is 0 Å². The Morgan fingerprint density at radius 2 is 1.92 bits per heavy atom. The molecular formula is C26H28N4O6. The molecular weight excluding hydrogens is 464 g/mol. The Morgan fingerprint density at radius 1 is 1.11 bits per heavy atom. The zero-order valence-corrected chi connectivity index (χ0v) is 20.0. The molecule has 0 aliphatic carbocycles. The molecule has 3 aliphatic rings. The van der Waals surface area contributed by atoms with Crippen LogP contribution >= 0.6 is 0 Å². The first kappa shape index (κ1) is 22.8. The second-order valence-electron chi connectivity index (χ2n) is 9.33. The molecule has 0 radical (unpaired) electrons. The average molecular weight is 493 g/mol. The number of carbonyl (C=O) groups excluding carboxylic acids is 1. The summed E-state index contributed by atoms with van der Waals surface area (Å²) in [7, 11) is 1.60. The van der Waals surface area contributed by atoms with E-state index in [0.29, 0.717) is 67.8 Å². The number of fused-ring (bicyclic) bond motifs is 2. The molecule has 0 saturated carbocycles. The minimum Gasteiger partial charge on any atom is -0.497 e. The van der Waals surface area contributed by atoms with E-state index in [9.17, 15) is 9.90 Å². The van der Waals surface area contributed by atoms with Gasteiger partial charge < -0.3 is 29.4 Å². The first-order chi connectivity index (χ1) is 17.6. The van der Waals surface area contributed by atoms with Crippen molar-refractivity contribution >= 4 is 22.7 Å². The molecule has 36 heavy (non-hydrogen) atoms. The van der Waals surface area contributed by atoms with Crippen molar-refractivity contribution in [2.24, 2.45) is 0 Å². The Hall–Kier alpha value is -3.63. The Balaban J connectivity index is 1.40. The number of amides is 1. The molecule has 2 N–H and O–H groups in total. The summed E-state index contributed by atoms with van der Waals surface area (Å²) in [5.41, 5.74) is 0.905. The van der Waals surface area contributed by atoms with Crippen molar-refractivity contribution in [3.05, 3.63) is 48.4 Å². The van der Waals surface area contributed by atoms with Crippen LogP contribution in [-0.4, -0.2) is 72.8 Å². The number of anilines is 1. The van der Waals surface area contributed by atoms with Crippen molar-refractivity contribution in [3.8, 4) is 17.2 Å². The Labute approximate surface area is 208 Å². The summed E-state index contributed by atoms with van der Waals surface area (Å²) in [5.74, 6) is 1.34. The van der Waals surface area contributed by atoms with Gasteiger partial charge in [0.1, 0.15) is 31.4 Å². The number of hydrogen-bond acceptors (Lipinski definition) is 9. The highest BCUT2D eigenvalue weighted by atomic mass is 16.6. The van der Waals surface area contributed by atoms with Gasteiger partial charge in [0, 0.05) is 11.5 Å². The first-order valence-corrected chi connectivity index (χ1v) is 12.2. The summed E-state index contributed by atoms with van der Waals surface area (Å²) in [6.07, 6.45) is 1.40. The van der Waals surface area contributed by atoms with Crippen LogP contribution in [0.25, 0.3) is 10.9 Å². The van der Waals surface area contributed by atoms with Crippen molar-refractivity contribution in [2.75, 3.05) is 44.9 Å². The number of aromatic nitrogens is 2. The van der Waals surface area contributed by atoms with Gasteiger partial charge in [0.05, 0.1) is 42.1 Å². The summed E-state index contributed by atoms with van der Waals surface area (Å²) >= 11 is 0. The summed E-state index contributed by atoms with van der Waals surface area (Å²) in [4.78, 5) is 23.7. The fraction of sp³-hybridized carbons (Fsp3) is 0.423. The number of methoxy groups -OCH3 is 1. The standard InChI is InChI=1S/C26H28N4O6/c1-33-17-3-4-19-18(13-17)24(29-15-28-19)23(26(32)6-8-27-9-7-26)22-14-30(25(31)36-22)16-2-5-20-21(12-16)35-11-10-34-20/h2-5,12-13,15,22-23,27,32H,6-11,14H2,1H3. The highest BCUT2D eigenvalue weighted by Gasteiger charge is 2.50. The molecule has 4 heterocycles. The second-order valence-corrected chi connectivity index (χ2v) is 9.33. The maximum Gasteiger partial charge on any atom is 0.414 e. The van der Waals surface area contributed by atoms with Crippen molar-refractivity contribution < 1.29 is 28.8 Å². The largest absolute Gasteiger partial charge is 0.497 e. The predicted octanol–water partition coefficient (Wildman–Crippen LogP) is 2.63. The third-order valence-corrected chi connectivity index (χ3v) is 7.26. The number of nitrogens with one attached hydrogen (secondary N) is 1. The zero-order chi connectivity index (χ0) is 24.7. The molecule has 2 unspecified atom stereocenters. The van der Waals surface area contributed by atoms with Crippen LogP contribution in [0.3, 0.4) is 0 Å². The number of nitrogens with zero attached hydrogens (tertiary/aromatic N) is 3. The molecule has 188 valence electrons. The Morgan fingerprint density at radius 3 is 2.72 bits per heavy atom. The molecule has 0 bridgehead atoms. The summed E-state index contributed by atoms with van der Waals surface area (Å²) in [5, 5.41) is 16.0. The highest BCUT2D eigenvalue weighted by molar-refractivity contribution is 5.90. The Bertz CT molecular complexity index is 1290.